The van der Waals surface area contributed by atoms with Crippen molar-refractivity contribution in [1.82, 2.24) is 20.5 Å². The number of aromatic nitrogens is 3. The number of aromatic amines is 1. The summed E-state index contributed by atoms with van der Waals surface area (Å²) in [6.45, 7) is 7.57. The third kappa shape index (κ3) is 4.35. The zero-order valence-corrected chi connectivity index (χ0v) is 11.6. The second-order valence-electron chi connectivity index (χ2n) is 5.12. The number of nitrogens with one attached hydrogen (secondary N) is 2. The molecule has 1 rings (SSSR count). The number of carbonyl (C=O) groups is 2. The van der Waals surface area contributed by atoms with Gasteiger partial charge in [0.25, 0.3) is 5.91 Å². The zero-order chi connectivity index (χ0) is 14.6. The number of H-pyrrole nitrogens is 1. The number of aliphatic carboxylic acids is 1. The Labute approximate surface area is 111 Å². The molecule has 19 heavy (non-hydrogen) atoms. The van der Waals surface area contributed by atoms with Crippen LogP contribution in [0.15, 0.2) is 0 Å². The van der Waals surface area contributed by atoms with Crippen molar-refractivity contribution in [3.8, 4) is 0 Å². The van der Waals surface area contributed by atoms with Crippen LogP contribution in [-0.4, -0.2) is 38.2 Å². The van der Waals surface area contributed by atoms with Crippen LogP contribution in [0.5, 0.6) is 0 Å². The second-order valence-corrected chi connectivity index (χ2v) is 5.12. The highest BCUT2D eigenvalue weighted by molar-refractivity contribution is 5.90. The van der Waals surface area contributed by atoms with Crippen LogP contribution in [0, 0.1) is 5.92 Å². The van der Waals surface area contributed by atoms with Crippen molar-refractivity contribution in [2.75, 3.05) is 0 Å². The maximum Gasteiger partial charge on any atom is 0.305 e. The molecular formula is C12H20N4O3. The molecule has 0 aliphatic heterocycles. The molecule has 3 N–H and O–H groups in total. The quantitative estimate of drug-likeness (QED) is 0.717. The minimum atomic E-state index is -0.947. The first-order valence-corrected chi connectivity index (χ1v) is 6.26. The van der Waals surface area contributed by atoms with E-state index in [9.17, 15) is 9.59 Å². The number of hydrogen-bond donors (Lipinski definition) is 3. The van der Waals surface area contributed by atoms with Crippen molar-refractivity contribution >= 4 is 11.9 Å². The number of carboxylic acid groups (broad SMARTS) is 1. The van der Waals surface area contributed by atoms with Gasteiger partial charge in [0.15, 0.2) is 0 Å². The van der Waals surface area contributed by atoms with E-state index in [1.54, 1.807) is 0 Å². The smallest absolute Gasteiger partial charge is 0.305 e. The molecule has 106 valence electrons. The molecule has 0 saturated carbocycles. The molecule has 1 atom stereocenters. The molecule has 0 radical (unpaired) electrons. The van der Waals surface area contributed by atoms with Crippen LogP contribution in [0.3, 0.4) is 0 Å². The van der Waals surface area contributed by atoms with E-state index in [0.717, 1.165) is 0 Å². The predicted octanol–water partition coefficient (Wildman–Crippen LogP) is 1.16. The van der Waals surface area contributed by atoms with Gasteiger partial charge in [-0.1, -0.05) is 27.7 Å². The maximum absolute atomic E-state index is 11.9. The van der Waals surface area contributed by atoms with E-state index in [1.165, 1.54) is 0 Å². The Balaban J connectivity index is 2.73. The minimum Gasteiger partial charge on any atom is -0.481 e. The summed E-state index contributed by atoms with van der Waals surface area (Å²) in [6, 6.07) is -0.439. The SMILES string of the molecule is CC(C)c1nc(C(=O)NC(CC(=O)O)C(C)C)n[nH]1. The van der Waals surface area contributed by atoms with Crippen LogP contribution in [-0.2, 0) is 4.79 Å². The Kier molecular flexibility index (Phi) is 5.02. The number of rotatable bonds is 6. The number of hydrogen-bond acceptors (Lipinski definition) is 4. The summed E-state index contributed by atoms with van der Waals surface area (Å²) < 4.78 is 0. The average molecular weight is 268 g/mol. The van der Waals surface area contributed by atoms with Crippen LogP contribution in [0.25, 0.3) is 0 Å². The Bertz CT molecular complexity index is 454. The number of amides is 1. The molecule has 1 amide bonds. The van der Waals surface area contributed by atoms with Crippen molar-refractivity contribution in [3.63, 3.8) is 0 Å². The van der Waals surface area contributed by atoms with Gasteiger partial charge in [0.2, 0.25) is 5.82 Å². The van der Waals surface area contributed by atoms with E-state index in [0.29, 0.717) is 5.82 Å². The molecular weight excluding hydrogens is 248 g/mol. The fraction of sp³-hybridized carbons (Fsp3) is 0.667. The van der Waals surface area contributed by atoms with Gasteiger partial charge >= 0.3 is 5.97 Å². The molecule has 7 nitrogen and oxygen atoms in total. The van der Waals surface area contributed by atoms with E-state index in [2.05, 4.69) is 20.5 Å². The van der Waals surface area contributed by atoms with Crippen LogP contribution >= 0.6 is 0 Å². The summed E-state index contributed by atoms with van der Waals surface area (Å²) in [6.07, 6.45) is -0.120. The van der Waals surface area contributed by atoms with Crippen molar-refractivity contribution in [1.29, 1.82) is 0 Å². The monoisotopic (exact) mass is 268 g/mol. The molecule has 0 bridgehead atoms. The highest BCUT2D eigenvalue weighted by Gasteiger charge is 2.22. The lowest BCUT2D eigenvalue weighted by atomic mass is 10.0. The second kappa shape index (κ2) is 6.31. The zero-order valence-electron chi connectivity index (χ0n) is 11.6. The Hall–Kier alpha value is -1.92. The van der Waals surface area contributed by atoms with Crippen molar-refractivity contribution in [2.24, 2.45) is 5.92 Å². The van der Waals surface area contributed by atoms with E-state index < -0.39 is 17.9 Å². The van der Waals surface area contributed by atoms with Gasteiger partial charge in [0.1, 0.15) is 5.82 Å². The van der Waals surface area contributed by atoms with Gasteiger partial charge in [-0.2, -0.15) is 0 Å². The molecule has 1 heterocycles. The Morgan fingerprint density at radius 3 is 2.37 bits per heavy atom. The Morgan fingerprint density at radius 1 is 1.32 bits per heavy atom. The van der Waals surface area contributed by atoms with Gasteiger partial charge in [-0.15, -0.1) is 5.10 Å². The maximum atomic E-state index is 11.9. The van der Waals surface area contributed by atoms with E-state index in [4.69, 9.17) is 5.11 Å². The van der Waals surface area contributed by atoms with E-state index >= 15 is 0 Å². The molecule has 0 aliphatic carbocycles. The van der Waals surface area contributed by atoms with Gasteiger partial charge in [-0.3, -0.25) is 14.7 Å². The van der Waals surface area contributed by atoms with Gasteiger partial charge in [-0.25, -0.2) is 4.98 Å². The lowest BCUT2D eigenvalue weighted by molar-refractivity contribution is -0.137. The largest absolute Gasteiger partial charge is 0.481 e. The summed E-state index contributed by atoms with van der Waals surface area (Å²) in [5.41, 5.74) is 0. The first-order valence-electron chi connectivity index (χ1n) is 6.26. The fourth-order valence-electron chi connectivity index (χ4n) is 1.51. The topological polar surface area (TPSA) is 108 Å². The summed E-state index contributed by atoms with van der Waals surface area (Å²) >= 11 is 0. The van der Waals surface area contributed by atoms with Crippen molar-refractivity contribution < 1.29 is 14.7 Å². The van der Waals surface area contributed by atoms with Gasteiger partial charge in [-0.05, 0) is 5.92 Å². The normalized spacial score (nSPS) is 12.7. The lowest BCUT2D eigenvalue weighted by Crippen LogP contribution is -2.40. The Morgan fingerprint density at radius 2 is 1.95 bits per heavy atom. The van der Waals surface area contributed by atoms with Crippen molar-refractivity contribution in [3.05, 3.63) is 11.6 Å². The molecule has 0 saturated heterocycles. The van der Waals surface area contributed by atoms with Gasteiger partial charge in [0.05, 0.1) is 6.42 Å². The number of carbonyl (C=O) groups excluding carboxylic acids is 1. The first-order chi connectivity index (χ1) is 8.81. The number of nitrogens with zero attached hydrogens (tertiary/aromatic N) is 2. The third-order valence-electron chi connectivity index (χ3n) is 2.77. The van der Waals surface area contributed by atoms with Crippen LogP contribution in [0.4, 0.5) is 0 Å². The van der Waals surface area contributed by atoms with E-state index in [1.807, 2.05) is 27.7 Å². The molecule has 0 fully saturated rings. The van der Waals surface area contributed by atoms with Gasteiger partial charge < -0.3 is 10.4 Å². The standard InChI is InChI=1S/C12H20N4O3/c1-6(2)8(5-9(17)18)13-12(19)11-14-10(7(3)4)15-16-11/h6-8H,5H2,1-4H3,(H,13,19)(H,17,18)(H,14,15,16). The summed E-state index contributed by atoms with van der Waals surface area (Å²) in [7, 11) is 0. The molecule has 1 aromatic rings. The molecule has 0 spiro atoms. The number of carboxylic acids is 1. The molecule has 1 unspecified atom stereocenters. The van der Waals surface area contributed by atoms with Crippen LogP contribution in [0.1, 0.15) is 56.5 Å². The molecule has 7 heteroatoms. The summed E-state index contributed by atoms with van der Waals surface area (Å²) in [5.74, 6) is -0.568. The highest BCUT2D eigenvalue weighted by atomic mass is 16.4. The van der Waals surface area contributed by atoms with Crippen LogP contribution in [0.2, 0.25) is 0 Å². The average Bonchev–Trinajstić information content (AvgIpc) is 2.76. The third-order valence-corrected chi connectivity index (χ3v) is 2.77. The molecule has 1 aromatic heterocycles. The predicted molar refractivity (Wildman–Crippen MR) is 68.8 cm³/mol. The fourth-order valence-corrected chi connectivity index (χ4v) is 1.51. The highest BCUT2D eigenvalue weighted by Crippen LogP contribution is 2.09. The van der Waals surface area contributed by atoms with Crippen molar-refractivity contribution in [2.45, 2.75) is 46.1 Å². The molecule has 0 aromatic carbocycles. The molecule has 0 aliphatic rings. The summed E-state index contributed by atoms with van der Waals surface area (Å²) in [4.78, 5) is 26.7. The minimum absolute atomic E-state index is 0.0172. The van der Waals surface area contributed by atoms with Gasteiger partial charge in [0, 0.05) is 12.0 Å². The van der Waals surface area contributed by atoms with Crippen LogP contribution < -0.4 is 5.32 Å². The lowest BCUT2D eigenvalue weighted by Gasteiger charge is -2.19. The first kappa shape index (κ1) is 15.1. The van der Waals surface area contributed by atoms with E-state index in [-0.39, 0.29) is 24.1 Å². The summed E-state index contributed by atoms with van der Waals surface area (Å²) in [5, 5.41) is 18.0.